The zero-order chi connectivity index (χ0) is 10.6. The molecule has 0 aliphatic rings. The summed E-state index contributed by atoms with van der Waals surface area (Å²) in [6, 6.07) is 1.79. The van der Waals surface area contributed by atoms with Crippen molar-refractivity contribution in [3.8, 4) is 6.07 Å². The predicted molar refractivity (Wildman–Crippen MR) is 59.4 cm³/mol. The van der Waals surface area contributed by atoms with Crippen molar-refractivity contribution < 1.29 is 0 Å². The van der Waals surface area contributed by atoms with Crippen molar-refractivity contribution in [3.63, 3.8) is 0 Å². The van der Waals surface area contributed by atoms with Crippen molar-refractivity contribution in [3.05, 3.63) is 11.4 Å². The van der Waals surface area contributed by atoms with E-state index < -0.39 is 0 Å². The lowest BCUT2D eigenvalue weighted by Gasteiger charge is -1.99. The maximum absolute atomic E-state index is 8.68. The molecule has 0 aliphatic heterocycles. The van der Waals surface area contributed by atoms with Crippen LogP contribution < -0.4 is 0 Å². The van der Waals surface area contributed by atoms with Crippen molar-refractivity contribution in [1.82, 2.24) is 15.4 Å². The van der Waals surface area contributed by atoms with E-state index in [1.807, 2.05) is 22.6 Å². The van der Waals surface area contributed by atoms with E-state index in [1.54, 1.807) is 6.07 Å². The molecule has 0 spiro atoms. The molecule has 0 fully saturated rings. The number of rotatable bonds is 2. The third kappa shape index (κ3) is 2.21. The van der Waals surface area contributed by atoms with Crippen LogP contribution in [0.5, 0.6) is 0 Å². The van der Waals surface area contributed by atoms with Gasteiger partial charge >= 0.3 is 0 Å². The Balaban J connectivity index is 3.45. The highest BCUT2D eigenvalue weighted by Crippen LogP contribution is 2.20. The molecule has 0 saturated heterocycles. The zero-order valence-electron chi connectivity index (χ0n) is 6.57. The van der Waals surface area contributed by atoms with E-state index in [1.165, 1.54) is 4.22 Å². The van der Waals surface area contributed by atoms with E-state index in [0.29, 0.717) is 0 Å². The van der Waals surface area contributed by atoms with Crippen LogP contribution in [0.3, 0.4) is 0 Å². The summed E-state index contributed by atoms with van der Waals surface area (Å²) < 4.78 is 1.43. The molecule has 6 nitrogen and oxygen atoms in total. The molecule has 0 aromatic carbocycles. The van der Waals surface area contributed by atoms with E-state index in [-0.39, 0.29) is 22.2 Å². The van der Waals surface area contributed by atoms with Crippen LogP contribution in [0.1, 0.15) is 11.4 Å². The van der Waals surface area contributed by atoms with Crippen LogP contribution in [0.2, 0.25) is 0 Å². The summed E-state index contributed by atoms with van der Waals surface area (Å²) in [5.41, 5.74) is 0.205. The number of halogens is 2. The molecule has 70 valence electrons. The highest BCUT2D eigenvalue weighted by atomic mass is 127. The first-order valence-corrected chi connectivity index (χ1v) is 4.83. The monoisotopic (exact) mass is 320 g/mol. The SMILES string of the molecule is N#Cc1nnnc(C(=N)Cl)c1N=CI. The van der Waals surface area contributed by atoms with Gasteiger partial charge in [-0.3, -0.25) is 5.41 Å². The molecule has 1 aromatic rings. The number of nitriles is 1. The summed E-state index contributed by atoms with van der Waals surface area (Å²) >= 11 is 7.31. The average Bonchev–Trinajstić information content (AvgIpc) is 2.18. The van der Waals surface area contributed by atoms with Gasteiger partial charge in [0, 0.05) is 0 Å². The molecule has 1 N–H and O–H groups in total. The fourth-order valence-corrected chi connectivity index (χ4v) is 1.12. The molecule has 8 heteroatoms. The standard InChI is InChI=1S/C6H2ClIN6/c7-6(10)5-4(11-2-8)3(1-9)12-14-13-5/h2,10H. The number of hydrogen-bond acceptors (Lipinski definition) is 6. The Morgan fingerprint density at radius 3 is 2.86 bits per heavy atom. The summed E-state index contributed by atoms with van der Waals surface area (Å²) in [6.07, 6.45) is 0. The minimum Gasteiger partial charge on any atom is -0.287 e. The van der Waals surface area contributed by atoms with E-state index in [2.05, 4.69) is 20.4 Å². The summed E-state index contributed by atoms with van der Waals surface area (Å²) in [5.74, 6) is 0. The molecular weight excluding hydrogens is 318 g/mol. The van der Waals surface area contributed by atoms with Crippen LogP contribution in [0.15, 0.2) is 4.99 Å². The van der Waals surface area contributed by atoms with Gasteiger partial charge in [0.15, 0.2) is 16.6 Å². The first-order valence-electron chi connectivity index (χ1n) is 3.21. The van der Waals surface area contributed by atoms with E-state index in [9.17, 15) is 0 Å². The van der Waals surface area contributed by atoms with Crippen LogP contribution in [-0.2, 0) is 0 Å². The summed E-state index contributed by atoms with van der Waals surface area (Å²) in [4.78, 5) is 3.85. The molecule has 1 heterocycles. The predicted octanol–water partition coefficient (Wildman–Crippen LogP) is 1.40. The molecule has 0 atom stereocenters. The van der Waals surface area contributed by atoms with Crippen molar-refractivity contribution >= 4 is 49.3 Å². The van der Waals surface area contributed by atoms with Crippen molar-refractivity contribution in [2.75, 3.05) is 0 Å². The second kappa shape index (κ2) is 4.92. The summed E-state index contributed by atoms with van der Waals surface area (Å²) in [5, 5.41) is 25.8. The lowest BCUT2D eigenvalue weighted by Crippen LogP contribution is -2.02. The Bertz CT molecular complexity index is 436. The lowest BCUT2D eigenvalue weighted by atomic mass is 10.3. The zero-order valence-corrected chi connectivity index (χ0v) is 9.48. The Kier molecular flexibility index (Phi) is 3.84. The number of nitrogens with zero attached hydrogens (tertiary/aromatic N) is 5. The first kappa shape index (κ1) is 10.9. The van der Waals surface area contributed by atoms with Crippen LogP contribution >= 0.6 is 34.2 Å². The molecular formula is C6H2ClIN6. The normalized spacial score (nSPS) is 10.1. The minimum absolute atomic E-state index is 0.00619. The van der Waals surface area contributed by atoms with Gasteiger partial charge in [0.25, 0.3) is 0 Å². The molecule has 0 aliphatic carbocycles. The second-order valence-corrected chi connectivity index (χ2v) is 2.92. The van der Waals surface area contributed by atoms with Gasteiger partial charge in [-0.05, 0) is 27.8 Å². The van der Waals surface area contributed by atoms with Gasteiger partial charge in [0.1, 0.15) is 11.8 Å². The highest BCUT2D eigenvalue weighted by molar-refractivity contribution is 14.1. The van der Waals surface area contributed by atoms with Gasteiger partial charge in [-0.2, -0.15) is 5.26 Å². The van der Waals surface area contributed by atoms with Gasteiger partial charge in [-0.15, -0.1) is 10.2 Å². The number of nitrogens with one attached hydrogen (secondary N) is 1. The first-order chi connectivity index (χ1) is 6.70. The Morgan fingerprint density at radius 1 is 1.64 bits per heavy atom. The Morgan fingerprint density at radius 2 is 2.36 bits per heavy atom. The fraction of sp³-hybridized carbons (Fsp3) is 0. The quantitative estimate of drug-likeness (QED) is 0.657. The van der Waals surface area contributed by atoms with Gasteiger partial charge in [0.05, 0.1) is 4.22 Å². The smallest absolute Gasteiger partial charge is 0.192 e. The van der Waals surface area contributed by atoms with Gasteiger partial charge in [0.2, 0.25) is 0 Å². The van der Waals surface area contributed by atoms with Gasteiger partial charge < -0.3 is 0 Å². The van der Waals surface area contributed by atoms with Crippen molar-refractivity contribution in [1.29, 1.82) is 10.7 Å². The Labute approximate surface area is 97.7 Å². The largest absolute Gasteiger partial charge is 0.287 e. The number of hydrogen-bond donors (Lipinski definition) is 1. The highest BCUT2D eigenvalue weighted by Gasteiger charge is 2.13. The van der Waals surface area contributed by atoms with E-state index in [4.69, 9.17) is 22.3 Å². The molecule has 0 saturated carbocycles. The van der Waals surface area contributed by atoms with E-state index >= 15 is 0 Å². The third-order valence-corrected chi connectivity index (χ3v) is 1.69. The lowest BCUT2D eigenvalue weighted by molar-refractivity contribution is 0.848. The molecule has 0 radical (unpaired) electrons. The number of aliphatic imine (C=N–C) groups is 1. The third-order valence-electron chi connectivity index (χ3n) is 1.23. The molecule has 0 bridgehead atoms. The van der Waals surface area contributed by atoms with Crippen LogP contribution in [-0.4, -0.2) is 24.8 Å². The van der Waals surface area contributed by atoms with Crippen molar-refractivity contribution in [2.24, 2.45) is 4.99 Å². The minimum atomic E-state index is -0.326. The maximum Gasteiger partial charge on any atom is 0.192 e. The summed E-state index contributed by atoms with van der Waals surface area (Å²) in [6.45, 7) is 0. The van der Waals surface area contributed by atoms with Gasteiger partial charge in [-0.25, -0.2) is 4.99 Å². The molecule has 14 heavy (non-hydrogen) atoms. The molecule has 0 unspecified atom stereocenters. The van der Waals surface area contributed by atoms with Crippen molar-refractivity contribution in [2.45, 2.75) is 0 Å². The average molecular weight is 320 g/mol. The van der Waals surface area contributed by atoms with Crippen LogP contribution in [0.25, 0.3) is 0 Å². The Hall–Kier alpha value is -1.14. The maximum atomic E-state index is 8.68. The van der Waals surface area contributed by atoms with Crippen LogP contribution in [0.4, 0.5) is 5.69 Å². The fourth-order valence-electron chi connectivity index (χ4n) is 0.713. The molecule has 1 aromatic heterocycles. The van der Waals surface area contributed by atoms with Gasteiger partial charge in [-0.1, -0.05) is 11.6 Å². The molecule has 1 rings (SSSR count). The van der Waals surface area contributed by atoms with E-state index in [0.717, 1.165) is 0 Å². The topological polar surface area (TPSA) is 98.7 Å². The van der Waals surface area contributed by atoms with Crippen LogP contribution in [0, 0.1) is 16.7 Å². The molecule has 0 amide bonds. The summed E-state index contributed by atoms with van der Waals surface area (Å²) in [7, 11) is 0. The number of aromatic nitrogens is 3. The second-order valence-electron chi connectivity index (χ2n) is 1.99.